The molecule has 1 aromatic heterocycles. The standard InChI is InChI=1S/C13H14ClN5OS/c1-7-2-3-8(14)9(4-7)17-12(20)6-21-13-18-10(15)5-11(16)19-13/h2-5H,6H2,1H3,(H,17,20)(H4,15,16,18,19). The van der Waals surface area contributed by atoms with E-state index in [1.54, 1.807) is 12.1 Å². The number of hydrogen-bond donors (Lipinski definition) is 3. The van der Waals surface area contributed by atoms with Gasteiger partial charge >= 0.3 is 0 Å². The van der Waals surface area contributed by atoms with Crippen LogP contribution in [0.15, 0.2) is 29.4 Å². The Morgan fingerprint density at radius 3 is 2.62 bits per heavy atom. The second-order valence-corrected chi connectivity index (χ2v) is 5.67. The normalized spacial score (nSPS) is 10.4. The Hall–Kier alpha value is -1.99. The monoisotopic (exact) mass is 323 g/mol. The molecule has 21 heavy (non-hydrogen) atoms. The van der Waals surface area contributed by atoms with Gasteiger partial charge in [0.25, 0.3) is 0 Å². The summed E-state index contributed by atoms with van der Waals surface area (Å²) in [6, 6.07) is 6.87. The quantitative estimate of drug-likeness (QED) is 0.589. The predicted octanol–water partition coefficient (Wildman–Crippen LogP) is 2.33. The molecule has 0 bridgehead atoms. The Morgan fingerprint density at radius 2 is 1.95 bits per heavy atom. The predicted molar refractivity (Wildman–Crippen MR) is 86.4 cm³/mol. The molecule has 6 nitrogen and oxygen atoms in total. The third-order valence-corrected chi connectivity index (χ3v) is 3.65. The molecular formula is C13H14ClN5OS. The smallest absolute Gasteiger partial charge is 0.234 e. The van der Waals surface area contributed by atoms with Crippen molar-refractivity contribution >= 4 is 46.6 Å². The maximum atomic E-state index is 11.9. The van der Waals surface area contributed by atoms with E-state index < -0.39 is 0 Å². The van der Waals surface area contributed by atoms with Crippen LogP contribution in [0, 0.1) is 6.92 Å². The highest BCUT2D eigenvalue weighted by atomic mass is 35.5. The zero-order valence-corrected chi connectivity index (χ0v) is 12.8. The van der Waals surface area contributed by atoms with E-state index in [1.807, 2.05) is 13.0 Å². The summed E-state index contributed by atoms with van der Waals surface area (Å²) in [6.07, 6.45) is 0. The van der Waals surface area contributed by atoms with E-state index in [0.29, 0.717) is 15.9 Å². The molecule has 1 amide bonds. The van der Waals surface area contributed by atoms with Crippen molar-refractivity contribution in [3.8, 4) is 0 Å². The van der Waals surface area contributed by atoms with Crippen LogP contribution in [0.25, 0.3) is 0 Å². The number of halogens is 1. The van der Waals surface area contributed by atoms with Gasteiger partial charge in [-0.2, -0.15) is 0 Å². The molecule has 0 spiro atoms. The average Bonchev–Trinajstić information content (AvgIpc) is 2.40. The van der Waals surface area contributed by atoms with Crippen LogP contribution in [0.1, 0.15) is 5.56 Å². The fourth-order valence-corrected chi connectivity index (χ4v) is 2.41. The number of anilines is 3. The van der Waals surface area contributed by atoms with E-state index >= 15 is 0 Å². The van der Waals surface area contributed by atoms with Gasteiger partial charge in [0.1, 0.15) is 11.6 Å². The van der Waals surface area contributed by atoms with Gasteiger partial charge in [0.2, 0.25) is 5.91 Å². The molecule has 110 valence electrons. The number of nitrogens with two attached hydrogens (primary N) is 2. The topological polar surface area (TPSA) is 107 Å². The molecule has 0 fully saturated rings. The lowest BCUT2D eigenvalue weighted by molar-refractivity contribution is -0.113. The SMILES string of the molecule is Cc1ccc(Cl)c(NC(=O)CSc2nc(N)cc(N)n2)c1. The van der Waals surface area contributed by atoms with Gasteiger partial charge in [0, 0.05) is 6.07 Å². The van der Waals surface area contributed by atoms with Crippen molar-refractivity contribution in [2.24, 2.45) is 0 Å². The van der Waals surface area contributed by atoms with Crippen LogP contribution in [-0.2, 0) is 4.79 Å². The van der Waals surface area contributed by atoms with Crippen molar-refractivity contribution in [1.29, 1.82) is 0 Å². The molecule has 0 aliphatic carbocycles. The van der Waals surface area contributed by atoms with Gasteiger partial charge in [-0.25, -0.2) is 9.97 Å². The van der Waals surface area contributed by atoms with Crippen LogP contribution in [0.3, 0.4) is 0 Å². The fourth-order valence-electron chi connectivity index (χ4n) is 1.58. The first-order valence-corrected chi connectivity index (χ1v) is 7.39. The summed E-state index contributed by atoms with van der Waals surface area (Å²) in [4.78, 5) is 19.9. The maximum Gasteiger partial charge on any atom is 0.234 e. The molecule has 0 saturated carbocycles. The van der Waals surface area contributed by atoms with Crippen LogP contribution in [0.2, 0.25) is 5.02 Å². The number of thioether (sulfide) groups is 1. The summed E-state index contributed by atoms with van der Waals surface area (Å²) in [5, 5.41) is 3.59. The molecule has 5 N–H and O–H groups in total. The van der Waals surface area contributed by atoms with Crippen molar-refractivity contribution in [1.82, 2.24) is 9.97 Å². The Labute approximate surface area is 131 Å². The van der Waals surface area contributed by atoms with Crippen molar-refractivity contribution < 1.29 is 4.79 Å². The number of benzene rings is 1. The largest absolute Gasteiger partial charge is 0.383 e. The average molecular weight is 324 g/mol. The minimum atomic E-state index is -0.211. The number of carbonyl (C=O) groups excluding carboxylic acids is 1. The van der Waals surface area contributed by atoms with Crippen molar-refractivity contribution in [3.05, 3.63) is 34.9 Å². The summed E-state index contributed by atoms with van der Waals surface area (Å²) < 4.78 is 0. The summed E-state index contributed by atoms with van der Waals surface area (Å²) in [5.74, 6) is 0.462. The Balaban J connectivity index is 1.97. The first-order chi connectivity index (χ1) is 9.94. The Kier molecular flexibility index (Phi) is 4.87. The van der Waals surface area contributed by atoms with Gasteiger partial charge in [0.05, 0.1) is 16.5 Å². The number of amides is 1. The van der Waals surface area contributed by atoms with Gasteiger partial charge in [0.15, 0.2) is 5.16 Å². The molecule has 0 atom stereocenters. The number of rotatable bonds is 4. The van der Waals surface area contributed by atoms with E-state index in [-0.39, 0.29) is 23.3 Å². The van der Waals surface area contributed by atoms with Crippen molar-refractivity contribution in [3.63, 3.8) is 0 Å². The highest BCUT2D eigenvalue weighted by Gasteiger charge is 2.09. The highest BCUT2D eigenvalue weighted by molar-refractivity contribution is 7.99. The number of nitrogens with one attached hydrogen (secondary N) is 1. The summed E-state index contributed by atoms with van der Waals surface area (Å²) in [5.41, 5.74) is 12.7. The van der Waals surface area contributed by atoms with Crippen molar-refractivity contribution in [2.45, 2.75) is 12.1 Å². The molecule has 0 radical (unpaired) electrons. The molecule has 1 heterocycles. The number of nitrogens with zero attached hydrogens (tertiary/aromatic N) is 2. The molecule has 2 rings (SSSR count). The van der Waals surface area contributed by atoms with E-state index in [9.17, 15) is 4.79 Å². The first-order valence-electron chi connectivity index (χ1n) is 6.03. The Bertz CT molecular complexity index is 659. The van der Waals surface area contributed by atoms with Gasteiger partial charge in [-0.1, -0.05) is 29.4 Å². The molecule has 0 unspecified atom stereocenters. The zero-order valence-electron chi connectivity index (χ0n) is 11.3. The number of carbonyl (C=O) groups is 1. The fraction of sp³-hybridized carbons (Fsp3) is 0.154. The number of nitrogen functional groups attached to an aromatic ring is 2. The summed E-state index contributed by atoms with van der Waals surface area (Å²) >= 11 is 7.17. The molecular weight excluding hydrogens is 310 g/mol. The Morgan fingerprint density at radius 1 is 1.29 bits per heavy atom. The molecule has 1 aromatic carbocycles. The second kappa shape index (κ2) is 6.64. The van der Waals surface area contributed by atoms with E-state index in [0.717, 1.165) is 17.3 Å². The number of aryl methyl sites for hydroxylation is 1. The van der Waals surface area contributed by atoms with Gasteiger partial charge in [-0.3, -0.25) is 4.79 Å². The van der Waals surface area contributed by atoms with Crippen LogP contribution < -0.4 is 16.8 Å². The van der Waals surface area contributed by atoms with Gasteiger partial charge < -0.3 is 16.8 Å². The first kappa shape index (κ1) is 15.4. The van der Waals surface area contributed by atoms with Gasteiger partial charge in [-0.15, -0.1) is 0 Å². The van der Waals surface area contributed by atoms with Gasteiger partial charge in [-0.05, 0) is 24.6 Å². The van der Waals surface area contributed by atoms with E-state index in [1.165, 1.54) is 6.07 Å². The van der Waals surface area contributed by atoms with Crippen molar-refractivity contribution in [2.75, 3.05) is 22.5 Å². The minimum absolute atomic E-state index is 0.132. The molecule has 2 aromatic rings. The lowest BCUT2D eigenvalue weighted by Crippen LogP contribution is -2.15. The third kappa shape index (κ3) is 4.51. The molecule has 0 aliphatic heterocycles. The molecule has 0 aliphatic rings. The summed E-state index contributed by atoms with van der Waals surface area (Å²) in [7, 11) is 0. The maximum absolute atomic E-state index is 11.9. The van der Waals surface area contributed by atoms with Crippen LogP contribution in [0.5, 0.6) is 0 Å². The lowest BCUT2D eigenvalue weighted by Gasteiger charge is -2.08. The molecule has 8 heteroatoms. The van der Waals surface area contributed by atoms with Crippen LogP contribution >= 0.6 is 23.4 Å². The number of aromatic nitrogens is 2. The third-order valence-electron chi connectivity index (χ3n) is 2.47. The minimum Gasteiger partial charge on any atom is -0.383 e. The lowest BCUT2D eigenvalue weighted by atomic mass is 10.2. The number of hydrogen-bond acceptors (Lipinski definition) is 6. The van der Waals surface area contributed by atoms with E-state index in [4.69, 9.17) is 23.1 Å². The van der Waals surface area contributed by atoms with Crippen LogP contribution in [-0.4, -0.2) is 21.6 Å². The highest BCUT2D eigenvalue weighted by Crippen LogP contribution is 2.23. The molecule has 0 saturated heterocycles. The summed E-state index contributed by atoms with van der Waals surface area (Å²) in [6.45, 7) is 1.92. The zero-order chi connectivity index (χ0) is 15.4. The van der Waals surface area contributed by atoms with Crippen LogP contribution in [0.4, 0.5) is 17.3 Å². The second-order valence-electron chi connectivity index (χ2n) is 4.32. The van der Waals surface area contributed by atoms with E-state index in [2.05, 4.69) is 15.3 Å².